The van der Waals surface area contributed by atoms with E-state index in [1.54, 1.807) is 4.90 Å². The van der Waals surface area contributed by atoms with Crippen LogP contribution in [0.1, 0.15) is 23.7 Å². The van der Waals surface area contributed by atoms with Crippen molar-refractivity contribution in [3.63, 3.8) is 0 Å². The zero-order chi connectivity index (χ0) is 21.1. The van der Waals surface area contributed by atoms with Crippen LogP contribution >= 0.6 is 0 Å². The molecule has 0 unspecified atom stereocenters. The molecule has 4 rings (SSSR count). The van der Waals surface area contributed by atoms with Crippen molar-refractivity contribution in [2.24, 2.45) is 0 Å². The molecular formula is C22H29N5O3. The second-order valence-corrected chi connectivity index (χ2v) is 7.94. The minimum Gasteiger partial charge on any atom is -0.374 e. The molecule has 0 bridgehead atoms. The molecule has 2 fully saturated rings. The number of hydrogen-bond acceptors (Lipinski definition) is 5. The number of ether oxygens (including phenoxy) is 1. The number of hydrogen-bond donors (Lipinski definition) is 1. The van der Waals surface area contributed by atoms with Crippen LogP contribution in [0.3, 0.4) is 0 Å². The largest absolute Gasteiger partial charge is 0.374 e. The molecule has 0 radical (unpaired) electrons. The monoisotopic (exact) mass is 411 g/mol. The fourth-order valence-electron chi connectivity index (χ4n) is 4.10. The van der Waals surface area contributed by atoms with E-state index in [2.05, 4.69) is 28.4 Å². The Morgan fingerprint density at radius 1 is 1.20 bits per heavy atom. The molecule has 1 N–H and O–H groups in total. The molecular weight excluding hydrogens is 382 g/mol. The molecule has 0 aliphatic carbocycles. The van der Waals surface area contributed by atoms with E-state index in [0.717, 1.165) is 30.9 Å². The zero-order valence-corrected chi connectivity index (χ0v) is 17.6. The summed E-state index contributed by atoms with van der Waals surface area (Å²) in [4.78, 5) is 29.6. The van der Waals surface area contributed by atoms with Gasteiger partial charge in [-0.2, -0.15) is 5.10 Å². The standard InChI is InChI=1S/C22H29N5O3/c1-3-26-12-18(16(2)24-26)11-25-9-10-27-20(13-25)21(28)23-19(22(27)29)15-30-14-17-7-5-4-6-8-17/h4-8,12,19-20H,3,9-11,13-15H2,1-2H3,(H,23,28)/t19-,20+/m0/s1. The van der Waals surface area contributed by atoms with Gasteiger partial charge in [0.2, 0.25) is 11.8 Å². The summed E-state index contributed by atoms with van der Waals surface area (Å²) >= 11 is 0. The quantitative estimate of drug-likeness (QED) is 0.734. The van der Waals surface area contributed by atoms with Crippen LogP contribution in [0.2, 0.25) is 0 Å². The Kier molecular flexibility index (Phi) is 6.15. The van der Waals surface area contributed by atoms with Crippen LogP contribution in [-0.4, -0.2) is 69.7 Å². The lowest BCUT2D eigenvalue weighted by Gasteiger charge is -2.45. The first-order valence-electron chi connectivity index (χ1n) is 10.5. The lowest BCUT2D eigenvalue weighted by molar-refractivity contribution is -0.155. The van der Waals surface area contributed by atoms with Gasteiger partial charge in [0.1, 0.15) is 12.1 Å². The maximum atomic E-state index is 12.9. The Labute approximate surface area is 176 Å². The highest BCUT2D eigenvalue weighted by Gasteiger charge is 2.43. The number of nitrogens with one attached hydrogen (secondary N) is 1. The molecule has 8 nitrogen and oxygen atoms in total. The van der Waals surface area contributed by atoms with E-state index in [1.807, 2.05) is 41.9 Å². The number of aromatic nitrogens is 2. The summed E-state index contributed by atoms with van der Waals surface area (Å²) in [6.07, 6.45) is 2.06. The van der Waals surface area contributed by atoms with Gasteiger partial charge in [0.05, 0.1) is 18.9 Å². The molecule has 0 spiro atoms. The van der Waals surface area contributed by atoms with Crippen LogP contribution in [0.25, 0.3) is 0 Å². The Bertz CT molecular complexity index is 897. The number of carbonyl (C=O) groups is 2. The lowest BCUT2D eigenvalue weighted by atomic mass is 10.0. The van der Waals surface area contributed by atoms with Crippen LogP contribution in [-0.2, 0) is 34.0 Å². The van der Waals surface area contributed by atoms with Crippen LogP contribution in [0, 0.1) is 6.92 Å². The van der Waals surface area contributed by atoms with Crippen LogP contribution in [0.5, 0.6) is 0 Å². The van der Waals surface area contributed by atoms with Gasteiger partial charge < -0.3 is 15.0 Å². The predicted molar refractivity (Wildman–Crippen MR) is 111 cm³/mol. The van der Waals surface area contributed by atoms with Crippen molar-refractivity contribution < 1.29 is 14.3 Å². The van der Waals surface area contributed by atoms with Gasteiger partial charge in [0, 0.05) is 44.5 Å². The highest BCUT2D eigenvalue weighted by Crippen LogP contribution is 2.19. The number of rotatable bonds is 7. The van der Waals surface area contributed by atoms with Crippen LogP contribution in [0.4, 0.5) is 0 Å². The van der Waals surface area contributed by atoms with Gasteiger partial charge in [0.15, 0.2) is 0 Å². The smallest absolute Gasteiger partial charge is 0.248 e. The van der Waals surface area contributed by atoms with Crippen molar-refractivity contribution in [2.45, 2.75) is 45.6 Å². The third-order valence-electron chi connectivity index (χ3n) is 5.83. The first-order chi connectivity index (χ1) is 14.5. The first-order valence-corrected chi connectivity index (χ1v) is 10.5. The molecule has 1 aromatic carbocycles. The van der Waals surface area contributed by atoms with Crippen molar-refractivity contribution in [1.29, 1.82) is 0 Å². The fraction of sp³-hybridized carbons (Fsp3) is 0.500. The molecule has 2 aliphatic heterocycles. The average Bonchev–Trinajstić information content (AvgIpc) is 3.12. The Morgan fingerprint density at radius 3 is 2.73 bits per heavy atom. The summed E-state index contributed by atoms with van der Waals surface area (Å²) in [5.74, 6) is -0.157. The van der Waals surface area contributed by atoms with Crippen molar-refractivity contribution in [1.82, 2.24) is 24.9 Å². The number of piperazine rings is 2. The minimum absolute atomic E-state index is 0.0534. The first kappa shape index (κ1) is 20.6. The molecule has 8 heteroatoms. The van der Waals surface area contributed by atoms with E-state index < -0.39 is 12.1 Å². The molecule has 30 heavy (non-hydrogen) atoms. The Morgan fingerprint density at radius 2 is 2.00 bits per heavy atom. The molecule has 2 atom stereocenters. The topological polar surface area (TPSA) is 79.7 Å². The van der Waals surface area contributed by atoms with E-state index in [-0.39, 0.29) is 18.4 Å². The summed E-state index contributed by atoms with van der Waals surface area (Å²) in [5.41, 5.74) is 3.22. The number of nitrogens with zero attached hydrogens (tertiary/aromatic N) is 4. The lowest BCUT2D eigenvalue weighted by Crippen LogP contribution is -2.69. The normalized spacial score (nSPS) is 22.1. The van der Waals surface area contributed by atoms with E-state index in [9.17, 15) is 9.59 Å². The van der Waals surface area contributed by atoms with Gasteiger partial charge in [-0.05, 0) is 19.4 Å². The maximum absolute atomic E-state index is 12.9. The van der Waals surface area contributed by atoms with Crippen molar-refractivity contribution in [3.05, 3.63) is 53.3 Å². The van der Waals surface area contributed by atoms with E-state index >= 15 is 0 Å². The van der Waals surface area contributed by atoms with Crippen molar-refractivity contribution >= 4 is 11.8 Å². The summed E-state index contributed by atoms with van der Waals surface area (Å²) in [6.45, 7) is 8.07. The van der Waals surface area contributed by atoms with Gasteiger partial charge in [-0.15, -0.1) is 0 Å². The number of carbonyl (C=O) groups excluding carboxylic acids is 2. The molecule has 2 aromatic rings. The highest BCUT2D eigenvalue weighted by molar-refractivity contribution is 5.97. The molecule has 3 heterocycles. The third-order valence-corrected chi connectivity index (χ3v) is 5.83. The third kappa shape index (κ3) is 4.39. The van der Waals surface area contributed by atoms with Crippen molar-refractivity contribution in [3.8, 4) is 0 Å². The number of aryl methyl sites for hydroxylation is 2. The summed E-state index contributed by atoms with van der Waals surface area (Å²) < 4.78 is 7.63. The summed E-state index contributed by atoms with van der Waals surface area (Å²) in [7, 11) is 0. The molecule has 1 aromatic heterocycles. The van der Waals surface area contributed by atoms with Gasteiger partial charge in [-0.1, -0.05) is 30.3 Å². The summed E-state index contributed by atoms with van der Waals surface area (Å²) in [6, 6.07) is 8.74. The second kappa shape index (κ2) is 8.97. The molecule has 2 aliphatic rings. The SMILES string of the molecule is CCn1cc(CN2CCN3C(=O)[C@H](COCc4ccccc4)NC(=O)[C@H]3C2)c(C)n1. The number of amides is 2. The maximum Gasteiger partial charge on any atom is 0.248 e. The van der Waals surface area contributed by atoms with Gasteiger partial charge in [-0.3, -0.25) is 19.2 Å². The van der Waals surface area contributed by atoms with E-state index in [1.165, 1.54) is 5.56 Å². The van der Waals surface area contributed by atoms with E-state index in [4.69, 9.17) is 4.74 Å². The van der Waals surface area contributed by atoms with Crippen LogP contribution < -0.4 is 5.32 Å². The Balaban J connectivity index is 1.33. The van der Waals surface area contributed by atoms with Crippen molar-refractivity contribution in [2.75, 3.05) is 26.2 Å². The minimum atomic E-state index is -0.617. The summed E-state index contributed by atoms with van der Waals surface area (Å²) in [5, 5.41) is 7.36. The number of benzene rings is 1. The predicted octanol–water partition coefficient (Wildman–Crippen LogP) is 0.939. The van der Waals surface area contributed by atoms with Gasteiger partial charge in [0.25, 0.3) is 0 Å². The molecule has 160 valence electrons. The zero-order valence-electron chi connectivity index (χ0n) is 17.6. The van der Waals surface area contributed by atoms with Gasteiger partial charge in [-0.25, -0.2) is 0 Å². The molecule has 2 saturated heterocycles. The van der Waals surface area contributed by atoms with E-state index in [0.29, 0.717) is 19.7 Å². The molecule has 2 amide bonds. The second-order valence-electron chi connectivity index (χ2n) is 7.94. The van der Waals surface area contributed by atoms with Gasteiger partial charge >= 0.3 is 0 Å². The fourth-order valence-corrected chi connectivity index (χ4v) is 4.10. The van der Waals surface area contributed by atoms with Crippen LogP contribution in [0.15, 0.2) is 36.5 Å². The average molecular weight is 412 g/mol. The Hall–Kier alpha value is -2.71. The highest BCUT2D eigenvalue weighted by atomic mass is 16.5. The molecule has 0 saturated carbocycles. The number of fused-ring (bicyclic) bond motifs is 1.